The summed E-state index contributed by atoms with van der Waals surface area (Å²) >= 11 is 5.76. The number of rotatable bonds is 4. The van der Waals surface area contributed by atoms with Crippen molar-refractivity contribution in [3.8, 4) is 0 Å². The van der Waals surface area contributed by atoms with Crippen LogP contribution < -0.4 is 5.32 Å². The van der Waals surface area contributed by atoms with Gasteiger partial charge in [-0.2, -0.15) is 0 Å². The van der Waals surface area contributed by atoms with Crippen molar-refractivity contribution < 1.29 is 19.2 Å². The Morgan fingerprint density at radius 2 is 2.05 bits per heavy atom. The summed E-state index contributed by atoms with van der Waals surface area (Å²) in [6.07, 6.45) is 0. The van der Waals surface area contributed by atoms with Crippen LogP contribution in [0.1, 0.15) is 19.4 Å². The summed E-state index contributed by atoms with van der Waals surface area (Å²) in [5, 5.41) is 13.4. The van der Waals surface area contributed by atoms with E-state index < -0.39 is 16.8 Å². The monoisotopic (exact) mass is 286 g/mol. The van der Waals surface area contributed by atoms with Crippen molar-refractivity contribution in [3.63, 3.8) is 0 Å². The molecular formula is C11H11ClN2O5. The molecule has 0 unspecified atom stereocenters. The first-order valence-corrected chi connectivity index (χ1v) is 5.57. The van der Waals surface area contributed by atoms with Gasteiger partial charge in [0.1, 0.15) is 12.3 Å². The van der Waals surface area contributed by atoms with Crippen molar-refractivity contribution in [3.05, 3.63) is 32.8 Å². The molecule has 0 saturated heterocycles. The Hall–Kier alpha value is -2.15. The van der Waals surface area contributed by atoms with Gasteiger partial charge in [0, 0.05) is 30.5 Å². The number of nitro groups is 1. The van der Waals surface area contributed by atoms with E-state index in [9.17, 15) is 19.7 Å². The number of nitro benzene ring substituents is 1. The first-order valence-electron chi connectivity index (χ1n) is 5.19. The molecule has 0 radical (unpaired) electrons. The third-order valence-corrected chi connectivity index (χ3v) is 2.31. The molecule has 1 amide bonds. The summed E-state index contributed by atoms with van der Waals surface area (Å²) in [7, 11) is 0. The molecule has 0 saturated carbocycles. The summed E-state index contributed by atoms with van der Waals surface area (Å²) in [5.74, 6) is -1.02. The minimum absolute atomic E-state index is 0.0249. The molecule has 0 heterocycles. The molecule has 1 aromatic carbocycles. The minimum atomic E-state index is -0.672. The number of anilines is 1. The van der Waals surface area contributed by atoms with Gasteiger partial charge >= 0.3 is 5.97 Å². The maximum atomic E-state index is 11.1. The predicted octanol–water partition coefficient (Wildman–Crippen LogP) is 2.27. The number of hydrogen-bond acceptors (Lipinski definition) is 5. The number of esters is 1. The molecule has 19 heavy (non-hydrogen) atoms. The van der Waals surface area contributed by atoms with Gasteiger partial charge in [0.05, 0.1) is 4.92 Å². The van der Waals surface area contributed by atoms with Gasteiger partial charge in [-0.1, -0.05) is 11.6 Å². The molecule has 0 atom stereocenters. The maximum absolute atomic E-state index is 11.1. The van der Waals surface area contributed by atoms with E-state index in [0.717, 1.165) is 6.07 Å². The Morgan fingerprint density at radius 3 is 2.53 bits per heavy atom. The molecular weight excluding hydrogens is 276 g/mol. The molecule has 8 heteroatoms. The minimum Gasteiger partial charge on any atom is -0.461 e. The zero-order valence-corrected chi connectivity index (χ0v) is 11.0. The fraction of sp³-hybridized carbons (Fsp3) is 0.273. The molecule has 1 rings (SSSR count). The Morgan fingerprint density at radius 1 is 1.42 bits per heavy atom. The van der Waals surface area contributed by atoms with Crippen molar-refractivity contribution in [2.24, 2.45) is 0 Å². The highest BCUT2D eigenvalue weighted by atomic mass is 35.5. The van der Waals surface area contributed by atoms with Crippen LogP contribution >= 0.6 is 11.6 Å². The second-order valence-electron chi connectivity index (χ2n) is 3.68. The lowest BCUT2D eigenvalue weighted by Gasteiger charge is -2.11. The standard InChI is InChI=1S/C11H11ClN2O5/c1-6(15)13-11-8(5-19-7(2)16)3-9(12)4-10(11)14(17)18/h3-4H,5H2,1-2H3,(H,13,15). The summed E-state index contributed by atoms with van der Waals surface area (Å²) in [6, 6.07) is 2.51. The highest BCUT2D eigenvalue weighted by Gasteiger charge is 2.21. The topological polar surface area (TPSA) is 98.5 Å². The Bertz CT molecular complexity index is 544. The van der Waals surface area contributed by atoms with Crippen LogP contribution in [0, 0.1) is 10.1 Å². The Labute approximate surface area is 113 Å². The quantitative estimate of drug-likeness (QED) is 0.520. The third-order valence-electron chi connectivity index (χ3n) is 2.09. The van der Waals surface area contributed by atoms with Gasteiger partial charge in [-0.3, -0.25) is 19.7 Å². The van der Waals surface area contributed by atoms with E-state index in [2.05, 4.69) is 5.32 Å². The SMILES string of the molecule is CC(=O)Nc1c(COC(C)=O)cc(Cl)cc1[N+](=O)[O-]. The predicted molar refractivity (Wildman–Crippen MR) is 67.9 cm³/mol. The van der Waals surface area contributed by atoms with Crippen LogP contribution in [0.5, 0.6) is 0 Å². The third kappa shape index (κ3) is 4.22. The molecule has 0 spiro atoms. The van der Waals surface area contributed by atoms with Crippen LogP contribution in [0.4, 0.5) is 11.4 Å². The highest BCUT2D eigenvalue weighted by Crippen LogP contribution is 2.32. The second-order valence-corrected chi connectivity index (χ2v) is 4.11. The number of ether oxygens (including phenoxy) is 1. The number of carbonyl (C=O) groups is 2. The van der Waals surface area contributed by atoms with Gasteiger partial charge in [-0.25, -0.2) is 0 Å². The van der Waals surface area contributed by atoms with Crippen LogP contribution in [0.25, 0.3) is 0 Å². The number of halogens is 1. The van der Waals surface area contributed by atoms with Gasteiger partial charge in [-0.15, -0.1) is 0 Å². The first kappa shape index (κ1) is 14.9. The van der Waals surface area contributed by atoms with Crippen LogP contribution in [0.15, 0.2) is 12.1 Å². The van der Waals surface area contributed by atoms with Crippen molar-refractivity contribution >= 4 is 34.9 Å². The van der Waals surface area contributed by atoms with Crippen LogP contribution in [-0.4, -0.2) is 16.8 Å². The average Bonchev–Trinajstić information content (AvgIpc) is 2.27. The van der Waals surface area contributed by atoms with Gasteiger partial charge in [0.15, 0.2) is 0 Å². The Kier molecular flexibility index (Phi) is 4.82. The number of nitrogens with one attached hydrogen (secondary N) is 1. The summed E-state index contributed by atoms with van der Waals surface area (Å²) < 4.78 is 4.77. The number of benzene rings is 1. The average molecular weight is 287 g/mol. The van der Waals surface area contributed by atoms with E-state index in [1.807, 2.05) is 0 Å². The summed E-state index contributed by atoms with van der Waals surface area (Å²) in [5.41, 5.74) is -0.127. The van der Waals surface area contributed by atoms with Gasteiger partial charge in [0.2, 0.25) is 5.91 Å². The van der Waals surface area contributed by atoms with Gasteiger partial charge < -0.3 is 10.1 Å². The molecule has 0 bridgehead atoms. The lowest BCUT2D eigenvalue weighted by atomic mass is 10.1. The van der Waals surface area contributed by atoms with Crippen molar-refractivity contribution in [1.29, 1.82) is 0 Å². The highest BCUT2D eigenvalue weighted by molar-refractivity contribution is 6.31. The second kappa shape index (κ2) is 6.14. The lowest BCUT2D eigenvalue weighted by Crippen LogP contribution is -2.12. The van der Waals surface area contributed by atoms with Crippen LogP contribution in [0.2, 0.25) is 5.02 Å². The number of nitrogens with zero attached hydrogens (tertiary/aromatic N) is 1. The number of carbonyl (C=O) groups excluding carboxylic acids is 2. The molecule has 0 aromatic heterocycles. The fourth-order valence-electron chi connectivity index (χ4n) is 1.41. The van der Waals surface area contributed by atoms with E-state index in [1.165, 1.54) is 19.9 Å². The van der Waals surface area contributed by atoms with E-state index in [-0.39, 0.29) is 28.6 Å². The van der Waals surface area contributed by atoms with E-state index in [0.29, 0.717) is 0 Å². The zero-order valence-electron chi connectivity index (χ0n) is 10.2. The van der Waals surface area contributed by atoms with Gasteiger partial charge in [-0.05, 0) is 6.07 Å². The van der Waals surface area contributed by atoms with Crippen molar-refractivity contribution in [2.75, 3.05) is 5.32 Å². The fourth-order valence-corrected chi connectivity index (χ4v) is 1.64. The van der Waals surface area contributed by atoms with Gasteiger partial charge in [0.25, 0.3) is 5.69 Å². The van der Waals surface area contributed by atoms with Crippen LogP contribution in [-0.2, 0) is 20.9 Å². The Balaban J connectivity index is 3.28. The molecule has 1 aromatic rings. The maximum Gasteiger partial charge on any atom is 0.302 e. The van der Waals surface area contributed by atoms with E-state index >= 15 is 0 Å². The van der Waals surface area contributed by atoms with Crippen molar-refractivity contribution in [2.45, 2.75) is 20.5 Å². The first-order chi connectivity index (χ1) is 8.81. The van der Waals surface area contributed by atoms with Crippen molar-refractivity contribution in [1.82, 2.24) is 0 Å². The number of amides is 1. The van der Waals surface area contributed by atoms with E-state index in [4.69, 9.17) is 16.3 Å². The largest absolute Gasteiger partial charge is 0.461 e. The molecule has 7 nitrogen and oxygen atoms in total. The normalized spacial score (nSPS) is 9.84. The molecule has 0 aliphatic carbocycles. The smallest absolute Gasteiger partial charge is 0.302 e. The lowest BCUT2D eigenvalue weighted by molar-refractivity contribution is -0.384. The van der Waals surface area contributed by atoms with Crippen LogP contribution in [0.3, 0.4) is 0 Å². The summed E-state index contributed by atoms with van der Waals surface area (Å²) in [6.45, 7) is 2.21. The molecule has 0 aliphatic heterocycles. The summed E-state index contributed by atoms with van der Waals surface area (Å²) in [4.78, 5) is 32.1. The van der Waals surface area contributed by atoms with E-state index in [1.54, 1.807) is 0 Å². The molecule has 0 aliphatic rings. The number of hydrogen-bond donors (Lipinski definition) is 1. The zero-order chi connectivity index (χ0) is 14.6. The molecule has 102 valence electrons. The molecule has 0 fully saturated rings. The molecule has 1 N–H and O–H groups in total.